The second-order valence-electron chi connectivity index (χ2n) is 5.54. The van der Waals surface area contributed by atoms with Crippen LogP contribution in [0.2, 0.25) is 0 Å². The van der Waals surface area contributed by atoms with Crippen LogP contribution >= 0.6 is 12.6 Å². The number of benzene rings is 2. The molecule has 0 bridgehead atoms. The van der Waals surface area contributed by atoms with Crippen LogP contribution in [0.25, 0.3) is 0 Å². The van der Waals surface area contributed by atoms with Gasteiger partial charge in [-0.3, -0.25) is 4.79 Å². The monoisotopic (exact) mass is 446 g/mol. The highest BCUT2D eigenvalue weighted by atomic mass is 32.1. The zero-order chi connectivity index (χ0) is 22.9. The first kappa shape index (κ1) is 24.8. The van der Waals surface area contributed by atoms with Crippen LogP contribution in [0.15, 0.2) is 48.5 Å². The van der Waals surface area contributed by atoms with E-state index in [0.29, 0.717) is 17.2 Å². The number of aromatic carboxylic acids is 1. The first-order chi connectivity index (χ1) is 13.9. The molecule has 2 aromatic carbocycles. The normalized spacial score (nSPS) is 11.5. The van der Waals surface area contributed by atoms with Crippen molar-refractivity contribution in [3.63, 3.8) is 0 Å². The predicted molar refractivity (Wildman–Crippen MR) is 104 cm³/mol. The quantitative estimate of drug-likeness (QED) is 0.430. The minimum absolute atomic E-state index is 0.145. The van der Waals surface area contributed by atoms with Crippen molar-refractivity contribution in [2.45, 2.75) is 12.2 Å². The second kappa shape index (κ2) is 11.1. The third-order valence-corrected chi connectivity index (χ3v) is 3.61. The van der Waals surface area contributed by atoms with E-state index in [9.17, 15) is 22.8 Å². The van der Waals surface area contributed by atoms with Gasteiger partial charge in [0, 0.05) is 11.4 Å². The highest BCUT2D eigenvalue weighted by Gasteiger charge is 2.38. The number of halogens is 3. The number of nitrogens with one attached hydrogen (secondary N) is 1. The smallest absolute Gasteiger partial charge is 0.478 e. The maximum atomic E-state index is 11.6. The van der Waals surface area contributed by atoms with E-state index >= 15 is 0 Å². The maximum Gasteiger partial charge on any atom is 0.490 e. The Hall–Kier alpha value is -3.25. The molecule has 1 amide bonds. The molecule has 0 fully saturated rings. The van der Waals surface area contributed by atoms with Crippen molar-refractivity contribution in [1.82, 2.24) is 0 Å². The molecule has 30 heavy (non-hydrogen) atoms. The molecule has 8 nitrogen and oxygen atoms in total. The highest BCUT2D eigenvalue weighted by Crippen LogP contribution is 2.24. The van der Waals surface area contributed by atoms with E-state index in [4.69, 9.17) is 25.5 Å². The number of alkyl halides is 3. The molecule has 0 unspecified atom stereocenters. The molecule has 2 aromatic rings. The van der Waals surface area contributed by atoms with Crippen molar-refractivity contribution in [2.24, 2.45) is 5.73 Å². The fourth-order valence-electron chi connectivity index (χ4n) is 1.75. The summed E-state index contributed by atoms with van der Waals surface area (Å²) in [6.07, 6.45) is -5.08. The standard InChI is InChI=1S/C16H16N2O4S.C2HF3O2/c17-14(9-23)15(19)18-11-4-6-12(7-5-11)22-13-3-1-2-10(8-13)16(20)21;3-2(4,5)1(6)7/h1-8,14,23H,9,17H2,(H,18,19)(H,20,21);(H,6,7)/t14-;/m0./s1. The SMILES string of the molecule is N[C@@H](CS)C(=O)Nc1ccc(Oc2cccc(C(=O)O)c2)cc1.O=C(O)C(F)(F)F. The molecule has 0 spiro atoms. The van der Waals surface area contributed by atoms with Crippen molar-refractivity contribution < 1.29 is 42.5 Å². The number of carbonyl (C=O) groups is 3. The van der Waals surface area contributed by atoms with Crippen LogP contribution in [0.4, 0.5) is 18.9 Å². The minimum Gasteiger partial charge on any atom is -0.478 e. The summed E-state index contributed by atoms with van der Waals surface area (Å²) in [5.74, 6) is -2.90. The number of anilines is 1. The lowest BCUT2D eigenvalue weighted by Gasteiger charge is -2.11. The number of amides is 1. The van der Waals surface area contributed by atoms with Gasteiger partial charge in [-0.25, -0.2) is 9.59 Å². The summed E-state index contributed by atoms with van der Waals surface area (Å²) in [5.41, 5.74) is 6.30. The van der Waals surface area contributed by atoms with Gasteiger partial charge in [0.15, 0.2) is 0 Å². The first-order valence-corrected chi connectivity index (χ1v) is 8.66. The third-order valence-electron chi connectivity index (χ3n) is 3.21. The average Bonchev–Trinajstić information content (AvgIpc) is 2.68. The summed E-state index contributed by atoms with van der Waals surface area (Å²) in [4.78, 5) is 31.5. The minimum atomic E-state index is -5.08. The second-order valence-corrected chi connectivity index (χ2v) is 5.91. The summed E-state index contributed by atoms with van der Waals surface area (Å²) < 4.78 is 37.3. The van der Waals surface area contributed by atoms with Crippen LogP contribution < -0.4 is 15.8 Å². The molecule has 0 aliphatic carbocycles. The molecule has 0 saturated carbocycles. The number of rotatable bonds is 6. The Bertz CT molecular complexity index is 890. The number of ether oxygens (including phenoxy) is 1. The van der Waals surface area contributed by atoms with Crippen LogP contribution in [-0.2, 0) is 9.59 Å². The number of hydrogen-bond donors (Lipinski definition) is 5. The van der Waals surface area contributed by atoms with Crippen LogP contribution in [0.1, 0.15) is 10.4 Å². The van der Waals surface area contributed by atoms with Gasteiger partial charge >= 0.3 is 18.1 Å². The molecule has 1 atom stereocenters. The maximum absolute atomic E-state index is 11.6. The van der Waals surface area contributed by atoms with Crippen LogP contribution in [0.3, 0.4) is 0 Å². The number of carboxylic acid groups (broad SMARTS) is 2. The van der Waals surface area contributed by atoms with E-state index in [2.05, 4.69) is 17.9 Å². The van der Waals surface area contributed by atoms with Crippen molar-refractivity contribution in [1.29, 1.82) is 0 Å². The average molecular weight is 446 g/mol. The van der Waals surface area contributed by atoms with E-state index in [0.717, 1.165) is 0 Å². The number of thiol groups is 1. The topological polar surface area (TPSA) is 139 Å². The molecule has 5 N–H and O–H groups in total. The van der Waals surface area contributed by atoms with Crippen LogP contribution in [0.5, 0.6) is 11.5 Å². The molecule has 0 saturated heterocycles. The Morgan fingerprint density at radius 2 is 1.63 bits per heavy atom. The lowest BCUT2D eigenvalue weighted by Crippen LogP contribution is -2.37. The Balaban J connectivity index is 0.000000553. The lowest BCUT2D eigenvalue weighted by atomic mass is 10.2. The van der Waals surface area contributed by atoms with Gasteiger partial charge in [-0.05, 0) is 42.5 Å². The molecular formula is C18H17F3N2O6S. The Morgan fingerprint density at radius 1 is 1.07 bits per heavy atom. The van der Waals surface area contributed by atoms with E-state index in [1.54, 1.807) is 36.4 Å². The molecule has 162 valence electrons. The van der Waals surface area contributed by atoms with E-state index < -0.39 is 24.2 Å². The summed E-state index contributed by atoms with van der Waals surface area (Å²) >= 11 is 3.97. The molecule has 12 heteroatoms. The molecule has 0 heterocycles. The van der Waals surface area contributed by atoms with Crippen molar-refractivity contribution >= 4 is 36.2 Å². The molecule has 0 aliphatic rings. The van der Waals surface area contributed by atoms with Gasteiger partial charge in [-0.15, -0.1) is 0 Å². The number of aliphatic carboxylic acids is 1. The van der Waals surface area contributed by atoms with E-state index in [1.165, 1.54) is 12.1 Å². The number of hydrogen-bond acceptors (Lipinski definition) is 6. The van der Waals surface area contributed by atoms with Gasteiger partial charge in [0.25, 0.3) is 0 Å². The third kappa shape index (κ3) is 8.41. The summed E-state index contributed by atoms with van der Waals surface area (Å²) in [6.45, 7) is 0. The molecule has 0 aromatic heterocycles. The first-order valence-electron chi connectivity index (χ1n) is 8.02. The number of nitrogens with two attached hydrogens (primary N) is 1. The summed E-state index contributed by atoms with van der Waals surface area (Å²) in [7, 11) is 0. The summed E-state index contributed by atoms with van der Waals surface area (Å²) in [6, 6.07) is 12.2. The lowest BCUT2D eigenvalue weighted by molar-refractivity contribution is -0.192. The zero-order valence-corrected chi connectivity index (χ0v) is 16.0. The Labute approximate surface area is 173 Å². The Kier molecular flexibility index (Phi) is 9.15. The van der Waals surface area contributed by atoms with Gasteiger partial charge in [0.2, 0.25) is 5.91 Å². The van der Waals surface area contributed by atoms with Gasteiger partial charge in [0.1, 0.15) is 11.5 Å². The largest absolute Gasteiger partial charge is 0.490 e. The van der Waals surface area contributed by atoms with Crippen molar-refractivity contribution in [3.05, 3.63) is 54.1 Å². The van der Waals surface area contributed by atoms with Crippen molar-refractivity contribution in [3.8, 4) is 11.5 Å². The van der Waals surface area contributed by atoms with Crippen molar-refractivity contribution in [2.75, 3.05) is 11.1 Å². The van der Waals surface area contributed by atoms with Gasteiger partial charge in [-0.1, -0.05) is 6.07 Å². The highest BCUT2D eigenvalue weighted by molar-refractivity contribution is 7.80. The summed E-state index contributed by atoms with van der Waals surface area (Å²) in [5, 5.41) is 18.7. The number of carboxylic acids is 2. The Morgan fingerprint density at radius 3 is 2.10 bits per heavy atom. The molecule has 0 aliphatic heterocycles. The number of carbonyl (C=O) groups excluding carboxylic acids is 1. The van der Waals surface area contributed by atoms with E-state index in [-0.39, 0.29) is 17.2 Å². The molecule has 2 rings (SSSR count). The van der Waals surface area contributed by atoms with Gasteiger partial charge in [0.05, 0.1) is 11.6 Å². The van der Waals surface area contributed by atoms with E-state index in [1.807, 2.05) is 0 Å². The fraction of sp³-hybridized carbons (Fsp3) is 0.167. The van der Waals surface area contributed by atoms with Gasteiger partial charge in [-0.2, -0.15) is 25.8 Å². The van der Waals surface area contributed by atoms with Gasteiger partial charge < -0.3 is 26.0 Å². The predicted octanol–water partition coefficient (Wildman–Crippen LogP) is 3.01. The molecule has 0 radical (unpaired) electrons. The van der Waals surface area contributed by atoms with Crippen LogP contribution in [-0.4, -0.2) is 46.0 Å². The fourth-order valence-corrected chi connectivity index (χ4v) is 1.92. The molecular weight excluding hydrogens is 429 g/mol. The zero-order valence-electron chi connectivity index (χ0n) is 15.1. The van der Waals surface area contributed by atoms with Crippen LogP contribution in [0, 0.1) is 0 Å².